The molecule has 2 aromatic heterocycles. The maximum absolute atomic E-state index is 12.7. The number of aromatic nitrogens is 4. The van der Waals surface area contributed by atoms with Gasteiger partial charge < -0.3 is 5.32 Å². The molecule has 0 aliphatic rings. The van der Waals surface area contributed by atoms with Crippen LogP contribution in [0.2, 0.25) is 5.02 Å². The molecule has 0 unspecified atom stereocenters. The summed E-state index contributed by atoms with van der Waals surface area (Å²) < 4.78 is 3.75. The minimum atomic E-state index is -0.190. The zero-order chi connectivity index (χ0) is 22.0. The average Bonchev–Trinajstić information content (AvgIpc) is 3.22. The Morgan fingerprint density at radius 3 is 2.19 bits per heavy atom. The van der Waals surface area contributed by atoms with Gasteiger partial charge in [0.15, 0.2) is 5.82 Å². The molecule has 0 spiro atoms. The van der Waals surface area contributed by atoms with Gasteiger partial charge in [-0.25, -0.2) is 0 Å². The predicted molar refractivity (Wildman–Crippen MR) is 123 cm³/mol. The Bertz CT molecular complexity index is 1210. The number of amides is 1. The summed E-state index contributed by atoms with van der Waals surface area (Å²) in [5.74, 6) is 0.352. The first kappa shape index (κ1) is 20.9. The third-order valence-corrected chi connectivity index (χ3v) is 5.79. The van der Waals surface area contributed by atoms with Crippen LogP contribution in [0.25, 0.3) is 0 Å². The van der Waals surface area contributed by atoms with Gasteiger partial charge in [-0.2, -0.15) is 10.2 Å². The van der Waals surface area contributed by atoms with Gasteiger partial charge in [0.2, 0.25) is 0 Å². The van der Waals surface area contributed by atoms with Crippen LogP contribution in [0.5, 0.6) is 0 Å². The Kier molecular flexibility index (Phi) is 5.91. The third kappa shape index (κ3) is 4.70. The van der Waals surface area contributed by atoms with Crippen molar-refractivity contribution in [2.75, 3.05) is 5.32 Å². The summed E-state index contributed by atoms with van der Waals surface area (Å²) in [6, 6.07) is 19.5. The van der Waals surface area contributed by atoms with E-state index in [1.807, 2.05) is 78.7 Å². The number of aryl methyl sites for hydroxylation is 2. The molecule has 0 bridgehead atoms. The minimum Gasteiger partial charge on any atom is -0.305 e. The number of anilines is 1. The van der Waals surface area contributed by atoms with E-state index in [4.69, 9.17) is 11.6 Å². The summed E-state index contributed by atoms with van der Waals surface area (Å²) in [6.45, 7) is 7.08. The second-order valence-electron chi connectivity index (χ2n) is 7.61. The van der Waals surface area contributed by atoms with Crippen molar-refractivity contribution in [2.24, 2.45) is 0 Å². The van der Waals surface area contributed by atoms with Crippen molar-refractivity contribution >= 4 is 23.3 Å². The van der Waals surface area contributed by atoms with E-state index in [-0.39, 0.29) is 5.91 Å². The average molecular weight is 434 g/mol. The number of benzene rings is 2. The van der Waals surface area contributed by atoms with E-state index in [9.17, 15) is 4.79 Å². The molecule has 7 heteroatoms. The van der Waals surface area contributed by atoms with Crippen LogP contribution >= 0.6 is 11.6 Å². The van der Waals surface area contributed by atoms with E-state index in [0.29, 0.717) is 29.5 Å². The Labute approximate surface area is 186 Å². The molecule has 158 valence electrons. The number of rotatable bonds is 6. The number of hydrogen-bond donors (Lipinski definition) is 1. The number of nitrogens with one attached hydrogen (secondary N) is 1. The lowest BCUT2D eigenvalue weighted by atomic mass is 10.1. The van der Waals surface area contributed by atoms with Gasteiger partial charge in [-0.3, -0.25) is 14.2 Å². The highest BCUT2D eigenvalue weighted by atomic mass is 35.5. The summed E-state index contributed by atoms with van der Waals surface area (Å²) >= 11 is 6.22. The van der Waals surface area contributed by atoms with E-state index in [0.717, 1.165) is 28.2 Å². The smallest absolute Gasteiger partial charge is 0.256 e. The zero-order valence-corrected chi connectivity index (χ0v) is 18.5. The topological polar surface area (TPSA) is 64.7 Å². The molecule has 0 radical (unpaired) electrons. The molecular formula is C24H24ClN5O. The lowest BCUT2D eigenvalue weighted by Crippen LogP contribution is -2.13. The maximum atomic E-state index is 12.7. The van der Waals surface area contributed by atoms with Crippen molar-refractivity contribution < 1.29 is 4.79 Å². The molecule has 0 fully saturated rings. The molecule has 6 nitrogen and oxygen atoms in total. The highest BCUT2D eigenvalue weighted by molar-refractivity contribution is 6.31. The van der Waals surface area contributed by atoms with Gasteiger partial charge in [-0.05, 0) is 44.0 Å². The summed E-state index contributed by atoms with van der Waals surface area (Å²) in [5.41, 5.74) is 5.51. The quantitative estimate of drug-likeness (QED) is 0.465. The predicted octanol–water partition coefficient (Wildman–Crippen LogP) is 5.01. The summed E-state index contributed by atoms with van der Waals surface area (Å²) in [4.78, 5) is 12.7. The molecule has 0 saturated carbocycles. The molecule has 0 aliphatic heterocycles. The van der Waals surface area contributed by atoms with Gasteiger partial charge in [0, 0.05) is 17.3 Å². The van der Waals surface area contributed by atoms with Crippen LogP contribution in [0.3, 0.4) is 0 Å². The molecule has 4 aromatic rings. The molecule has 1 N–H and O–H groups in total. The van der Waals surface area contributed by atoms with E-state index >= 15 is 0 Å². The first-order valence-corrected chi connectivity index (χ1v) is 10.5. The largest absolute Gasteiger partial charge is 0.305 e. The van der Waals surface area contributed by atoms with Gasteiger partial charge >= 0.3 is 0 Å². The number of nitrogens with zero attached hydrogens (tertiary/aromatic N) is 4. The Balaban J connectivity index is 1.42. The zero-order valence-electron chi connectivity index (χ0n) is 17.8. The fraction of sp³-hybridized carbons (Fsp3) is 0.208. The molecule has 0 aliphatic carbocycles. The first-order valence-electron chi connectivity index (χ1n) is 10.1. The number of carbonyl (C=O) groups excluding carboxylic acids is 1. The van der Waals surface area contributed by atoms with Crippen molar-refractivity contribution in [1.29, 1.82) is 0 Å². The van der Waals surface area contributed by atoms with Crippen LogP contribution in [0.4, 0.5) is 5.82 Å². The van der Waals surface area contributed by atoms with Gasteiger partial charge in [0.05, 0.1) is 29.5 Å². The highest BCUT2D eigenvalue weighted by Gasteiger charge is 2.12. The Morgan fingerprint density at radius 2 is 1.55 bits per heavy atom. The molecule has 4 rings (SSSR count). The molecule has 0 saturated heterocycles. The van der Waals surface area contributed by atoms with Crippen LogP contribution in [-0.2, 0) is 13.1 Å². The van der Waals surface area contributed by atoms with Crippen molar-refractivity contribution in [3.05, 3.63) is 99.5 Å². The van der Waals surface area contributed by atoms with Gasteiger partial charge in [-0.15, -0.1) is 0 Å². The summed E-state index contributed by atoms with van der Waals surface area (Å²) in [7, 11) is 0. The van der Waals surface area contributed by atoms with Gasteiger partial charge in [-0.1, -0.05) is 54.1 Å². The van der Waals surface area contributed by atoms with Crippen LogP contribution in [0.15, 0.2) is 60.7 Å². The lowest BCUT2D eigenvalue weighted by Gasteiger charge is -2.07. The molecule has 0 atom stereocenters. The molecule has 2 heterocycles. The molecule has 31 heavy (non-hydrogen) atoms. The van der Waals surface area contributed by atoms with Crippen molar-refractivity contribution in [2.45, 2.75) is 33.9 Å². The standard InChI is InChI=1S/C24H24ClN5O/c1-16-13-22(28-29(16)14-19-7-5-4-6-8-19)26-24(31)21-11-9-20(10-12-21)15-30-18(3)23(25)17(2)27-30/h4-13H,14-15H2,1-3H3,(H,26,28,31). The number of halogens is 1. The highest BCUT2D eigenvalue weighted by Crippen LogP contribution is 2.20. The van der Waals surface area contributed by atoms with Crippen LogP contribution in [0.1, 0.15) is 38.6 Å². The second-order valence-corrected chi connectivity index (χ2v) is 7.99. The summed E-state index contributed by atoms with van der Waals surface area (Å²) in [5, 5.41) is 12.6. The maximum Gasteiger partial charge on any atom is 0.256 e. The van der Waals surface area contributed by atoms with E-state index < -0.39 is 0 Å². The van der Waals surface area contributed by atoms with Crippen LogP contribution < -0.4 is 5.32 Å². The van der Waals surface area contributed by atoms with Crippen LogP contribution in [-0.4, -0.2) is 25.5 Å². The Hall–Kier alpha value is -3.38. The van der Waals surface area contributed by atoms with Gasteiger partial charge in [0.1, 0.15) is 0 Å². The molecule has 1 amide bonds. The fourth-order valence-corrected chi connectivity index (χ4v) is 3.57. The lowest BCUT2D eigenvalue weighted by molar-refractivity contribution is 0.102. The monoisotopic (exact) mass is 433 g/mol. The fourth-order valence-electron chi connectivity index (χ4n) is 3.44. The van der Waals surface area contributed by atoms with Crippen molar-refractivity contribution in [1.82, 2.24) is 19.6 Å². The van der Waals surface area contributed by atoms with Crippen molar-refractivity contribution in [3.63, 3.8) is 0 Å². The Morgan fingerprint density at radius 1 is 0.903 bits per heavy atom. The minimum absolute atomic E-state index is 0.190. The van der Waals surface area contributed by atoms with Crippen LogP contribution in [0, 0.1) is 20.8 Å². The second kappa shape index (κ2) is 8.78. The van der Waals surface area contributed by atoms with E-state index in [1.54, 1.807) is 0 Å². The summed E-state index contributed by atoms with van der Waals surface area (Å²) in [6.07, 6.45) is 0. The number of hydrogen-bond acceptors (Lipinski definition) is 3. The third-order valence-electron chi connectivity index (χ3n) is 5.24. The number of carbonyl (C=O) groups is 1. The van der Waals surface area contributed by atoms with E-state index in [2.05, 4.69) is 27.6 Å². The van der Waals surface area contributed by atoms with Crippen molar-refractivity contribution in [3.8, 4) is 0 Å². The van der Waals surface area contributed by atoms with E-state index in [1.165, 1.54) is 0 Å². The first-order chi connectivity index (χ1) is 14.9. The molecule has 2 aromatic carbocycles. The normalized spacial score (nSPS) is 11.0. The molecular weight excluding hydrogens is 410 g/mol. The van der Waals surface area contributed by atoms with Gasteiger partial charge in [0.25, 0.3) is 5.91 Å². The SMILES string of the molecule is Cc1nn(Cc2ccc(C(=O)Nc3cc(C)n(Cc4ccccc4)n3)cc2)c(C)c1Cl.